The zero-order valence-corrected chi connectivity index (χ0v) is 15.4. The minimum absolute atomic E-state index is 0.0144. The van der Waals surface area contributed by atoms with Crippen molar-refractivity contribution in [3.8, 4) is 0 Å². The number of aromatic nitrogens is 2. The second kappa shape index (κ2) is 7.22. The third-order valence-corrected chi connectivity index (χ3v) is 6.27. The molecule has 1 amide bonds. The topological polar surface area (TPSA) is 64.0 Å². The molecule has 1 heterocycles. The van der Waals surface area contributed by atoms with Crippen LogP contribution in [0.5, 0.6) is 0 Å². The van der Waals surface area contributed by atoms with Gasteiger partial charge in [0, 0.05) is 18.5 Å². The first-order valence-corrected chi connectivity index (χ1v) is 9.86. The van der Waals surface area contributed by atoms with Gasteiger partial charge >= 0.3 is 0 Å². The highest BCUT2D eigenvalue weighted by atomic mass is 16.1. The summed E-state index contributed by atoms with van der Waals surface area (Å²) in [6.45, 7) is 0. The van der Waals surface area contributed by atoms with E-state index in [2.05, 4.69) is 10.4 Å². The second-order valence-electron chi connectivity index (χ2n) is 7.98. The highest BCUT2D eigenvalue weighted by Gasteiger charge is 2.32. The van der Waals surface area contributed by atoms with Gasteiger partial charge in [0.05, 0.1) is 17.5 Å². The van der Waals surface area contributed by atoms with E-state index in [0.717, 1.165) is 30.1 Å². The smallest absolute Gasteiger partial charge is 0.274 e. The summed E-state index contributed by atoms with van der Waals surface area (Å²) < 4.78 is 1.33. The molecule has 0 bridgehead atoms. The molecule has 2 aliphatic carbocycles. The fourth-order valence-corrected chi connectivity index (χ4v) is 4.94. The Morgan fingerprint density at radius 2 is 1.85 bits per heavy atom. The maximum Gasteiger partial charge on any atom is 0.274 e. The van der Waals surface area contributed by atoms with Crippen LogP contribution >= 0.6 is 0 Å². The van der Waals surface area contributed by atoms with Gasteiger partial charge in [-0.3, -0.25) is 9.59 Å². The average molecular weight is 353 g/mol. The van der Waals surface area contributed by atoms with Gasteiger partial charge in [-0.15, -0.1) is 0 Å². The number of rotatable bonds is 3. The molecule has 2 aliphatic rings. The van der Waals surface area contributed by atoms with Crippen LogP contribution in [0.1, 0.15) is 50.6 Å². The van der Waals surface area contributed by atoms with Gasteiger partial charge in [-0.05, 0) is 37.2 Å². The molecule has 2 saturated carbocycles. The fourth-order valence-electron chi connectivity index (χ4n) is 4.94. The molecule has 1 aromatic heterocycles. The van der Waals surface area contributed by atoms with Gasteiger partial charge in [0.1, 0.15) is 0 Å². The van der Waals surface area contributed by atoms with Gasteiger partial charge in [0.25, 0.3) is 5.56 Å². The number of hydrogen-bond donors (Lipinski definition) is 1. The van der Waals surface area contributed by atoms with Gasteiger partial charge in [-0.25, -0.2) is 4.68 Å². The average Bonchev–Trinajstić information content (AvgIpc) is 2.66. The predicted octanol–water partition coefficient (Wildman–Crippen LogP) is 2.95. The van der Waals surface area contributed by atoms with Crippen molar-refractivity contribution in [2.24, 2.45) is 18.9 Å². The van der Waals surface area contributed by atoms with E-state index in [4.69, 9.17) is 0 Å². The molecule has 1 N–H and O–H groups in total. The van der Waals surface area contributed by atoms with Crippen LogP contribution < -0.4 is 10.9 Å². The summed E-state index contributed by atoms with van der Waals surface area (Å²) in [6, 6.07) is 7.69. The lowest BCUT2D eigenvalue weighted by Gasteiger charge is -2.39. The maximum atomic E-state index is 12.6. The second-order valence-corrected chi connectivity index (χ2v) is 7.98. The first-order chi connectivity index (χ1) is 12.6. The maximum absolute atomic E-state index is 12.6. The quantitative estimate of drug-likeness (QED) is 0.923. The van der Waals surface area contributed by atoms with Crippen LogP contribution in [0.15, 0.2) is 29.1 Å². The van der Waals surface area contributed by atoms with Crippen LogP contribution in [0.25, 0.3) is 10.8 Å². The number of carbonyl (C=O) groups is 1. The Hall–Kier alpha value is -2.17. The van der Waals surface area contributed by atoms with Crippen LogP contribution in [-0.2, 0) is 18.3 Å². The molecule has 5 nitrogen and oxygen atoms in total. The first kappa shape index (κ1) is 17.3. The molecule has 0 radical (unpaired) electrons. The molecule has 3 atom stereocenters. The molecule has 0 spiro atoms. The third-order valence-electron chi connectivity index (χ3n) is 6.27. The van der Waals surface area contributed by atoms with Gasteiger partial charge in [-0.1, -0.05) is 43.9 Å². The van der Waals surface area contributed by atoms with Crippen LogP contribution in [0.2, 0.25) is 0 Å². The van der Waals surface area contributed by atoms with E-state index in [1.165, 1.54) is 36.8 Å². The number of carbonyl (C=O) groups excluding carboxylic acids is 1. The van der Waals surface area contributed by atoms with Crippen molar-refractivity contribution in [1.82, 2.24) is 15.1 Å². The van der Waals surface area contributed by atoms with Crippen molar-refractivity contribution in [3.05, 3.63) is 40.3 Å². The first-order valence-electron chi connectivity index (χ1n) is 9.86. The number of aryl methyl sites for hydroxylation is 1. The summed E-state index contributed by atoms with van der Waals surface area (Å²) >= 11 is 0. The third kappa shape index (κ3) is 3.39. The zero-order chi connectivity index (χ0) is 18.1. The van der Waals surface area contributed by atoms with E-state index in [0.29, 0.717) is 17.1 Å². The summed E-state index contributed by atoms with van der Waals surface area (Å²) in [5.41, 5.74) is 0.548. The summed E-state index contributed by atoms with van der Waals surface area (Å²) in [7, 11) is 1.64. The normalized spacial score (nSPS) is 25.7. The van der Waals surface area contributed by atoms with Gasteiger partial charge in [0.15, 0.2) is 0 Å². The summed E-state index contributed by atoms with van der Waals surface area (Å²) in [4.78, 5) is 24.9. The van der Waals surface area contributed by atoms with Crippen molar-refractivity contribution in [2.75, 3.05) is 0 Å². The van der Waals surface area contributed by atoms with Gasteiger partial charge in [-0.2, -0.15) is 5.10 Å². The standard InChI is InChI=1S/C21H27N3O2/c1-24-21(26)18-9-5-4-8-17(18)19(23-24)13-20(25)22-16-11-10-14-6-2-3-7-15(14)12-16/h4-5,8-9,14-16H,2-3,6-7,10-13H2,1H3,(H,22,25). The Bertz CT molecular complexity index is 873. The van der Waals surface area contributed by atoms with Gasteiger partial charge < -0.3 is 5.32 Å². The molecule has 0 saturated heterocycles. The molecule has 1 aromatic carbocycles. The SMILES string of the molecule is Cn1nc(CC(=O)NC2CCC3CCCCC3C2)c2ccccc2c1=O. The van der Waals surface area contributed by atoms with Crippen molar-refractivity contribution in [3.63, 3.8) is 0 Å². The zero-order valence-electron chi connectivity index (χ0n) is 15.4. The lowest BCUT2D eigenvalue weighted by Crippen LogP contribution is -2.42. The molecule has 2 fully saturated rings. The minimum Gasteiger partial charge on any atom is -0.353 e. The Morgan fingerprint density at radius 3 is 2.65 bits per heavy atom. The number of hydrogen-bond acceptors (Lipinski definition) is 3. The monoisotopic (exact) mass is 353 g/mol. The summed E-state index contributed by atoms with van der Waals surface area (Å²) in [5, 5.41) is 8.98. The van der Waals surface area contributed by atoms with E-state index in [9.17, 15) is 9.59 Å². The van der Waals surface area contributed by atoms with E-state index in [1.807, 2.05) is 18.2 Å². The molecule has 3 unspecified atom stereocenters. The van der Waals surface area contributed by atoms with Crippen molar-refractivity contribution < 1.29 is 4.79 Å². The minimum atomic E-state index is -0.125. The van der Waals surface area contributed by atoms with Crippen molar-refractivity contribution in [2.45, 2.75) is 57.4 Å². The number of fused-ring (bicyclic) bond motifs is 2. The Balaban J connectivity index is 1.46. The van der Waals surface area contributed by atoms with E-state index in [1.54, 1.807) is 13.1 Å². The number of amides is 1. The molecule has 5 heteroatoms. The van der Waals surface area contributed by atoms with Crippen molar-refractivity contribution >= 4 is 16.7 Å². The molecule has 2 aromatic rings. The highest BCUT2D eigenvalue weighted by Crippen LogP contribution is 2.40. The molecule has 0 aliphatic heterocycles. The summed E-state index contributed by atoms with van der Waals surface area (Å²) in [6.07, 6.45) is 9.10. The number of benzene rings is 1. The summed E-state index contributed by atoms with van der Waals surface area (Å²) in [5.74, 6) is 1.69. The van der Waals surface area contributed by atoms with Crippen molar-refractivity contribution in [1.29, 1.82) is 0 Å². The lowest BCUT2D eigenvalue weighted by atomic mass is 9.69. The van der Waals surface area contributed by atoms with E-state index in [-0.39, 0.29) is 17.9 Å². The lowest BCUT2D eigenvalue weighted by molar-refractivity contribution is -0.121. The van der Waals surface area contributed by atoms with Crippen LogP contribution in [-0.4, -0.2) is 21.7 Å². The Kier molecular flexibility index (Phi) is 4.79. The van der Waals surface area contributed by atoms with E-state index < -0.39 is 0 Å². The predicted molar refractivity (Wildman–Crippen MR) is 102 cm³/mol. The molecule has 138 valence electrons. The molecule has 4 rings (SSSR count). The van der Waals surface area contributed by atoms with Crippen LogP contribution in [0, 0.1) is 11.8 Å². The van der Waals surface area contributed by atoms with Crippen LogP contribution in [0.3, 0.4) is 0 Å². The van der Waals surface area contributed by atoms with Gasteiger partial charge in [0.2, 0.25) is 5.91 Å². The highest BCUT2D eigenvalue weighted by molar-refractivity contribution is 5.88. The van der Waals surface area contributed by atoms with Crippen LogP contribution in [0.4, 0.5) is 0 Å². The number of nitrogens with zero attached hydrogens (tertiary/aromatic N) is 2. The largest absolute Gasteiger partial charge is 0.353 e. The van der Waals surface area contributed by atoms with E-state index >= 15 is 0 Å². The molecule has 26 heavy (non-hydrogen) atoms. The molecular formula is C21H27N3O2. The fraction of sp³-hybridized carbons (Fsp3) is 0.571. The molecular weight excluding hydrogens is 326 g/mol. The Labute approximate surface area is 153 Å². The number of nitrogens with one attached hydrogen (secondary N) is 1. The Morgan fingerprint density at radius 1 is 1.12 bits per heavy atom.